The van der Waals surface area contributed by atoms with Crippen LogP contribution in [0.3, 0.4) is 0 Å². The Hall–Kier alpha value is -2.47. The van der Waals surface area contributed by atoms with E-state index in [1.807, 2.05) is 31.2 Å². The number of pyridine rings is 1. The summed E-state index contributed by atoms with van der Waals surface area (Å²) in [6.07, 6.45) is 4.70. The molecule has 1 atom stereocenters. The maximum absolute atomic E-state index is 13.7. The van der Waals surface area contributed by atoms with Crippen molar-refractivity contribution in [1.29, 1.82) is 0 Å². The average Bonchev–Trinajstić information content (AvgIpc) is 2.67. The molecule has 0 saturated heterocycles. The van der Waals surface area contributed by atoms with Gasteiger partial charge in [-0.15, -0.1) is 0 Å². The van der Waals surface area contributed by atoms with E-state index in [0.717, 1.165) is 21.2 Å². The first-order valence-corrected chi connectivity index (χ1v) is 9.87. The fraction of sp³-hybridized carbons (Fsp3) is 0.273. The van der Waals surface area contributed by atoms with Crippen LogP contribution in [-0.2, 0) is 7.05 Å². The second kappa shape index (κ2) is 8.69. The van der Waals surface area contributed by atoms with Crippen molar-refractivity contribution in [2.75, 3.05) is 0 Å². The van der Waals surface area contributed by atoms with Gasteiger partial charge >= 0.3 is 0 Å². The summed E-state index contributed by atoms with van der Waals surface area (Å²) in [5.41, 5.74) is 4.15. The molecular formula is C22H22BrFN2O2. The molecule has 1 N–H and O–H groups in total. The first-order chi connectivity index (χ1) is 13.4. The van der Waals surface area contributed by atoms with E-state index in [0.29, 0.717) is 30.5 Å². The monoisotopic (exact) mass is 444 g/mol. The van der Waals surface area contributed by atoms with Crippen LogP contribution < -0.4 is 5.56 Å². The molecule has 0 saturated carbocycles. The third-order valence-electron chi connectivity index (χ3n) is 5.14. The Labute approximate surface area is 171 Å². The lowest BCUT2D eigenvalue weighted by Gasteiger charge is -2.25. The first-order valence-electron chi connectivity index (χ1n) is 9.08. The van der Waals surface area contributed by atoms with Gasteiger partial charge in [0.05, 0.1) is 5.71 Å². The second-order valence-electron chi connectivity index (χ2n) is 7.02. The molecule has 0 aliphatic heterocycles. The Bertz CT molecular complexity index is 1020. The molecule has 1 aromatic heterocycles. The van der Waals surface area contributed by atoms with Crippen LogP contribution in [-0.4, -0.2) is 15.5 Å². The van der Waals surface area contributed by atoms with Crippen molar-refractivity contribution in [3.63, 3.8) is 0 Å². The molecule has 0 bridgehead atoms. The zero-order valence-electron chi connectivity index (χ0n) is 15.8. The summed E-state index contributed by atoms with van der Waals surface area (Å²) >= 11 is 3.46. The van der Waals surface area contributed by atoms with Gasteiger partial charge < -0.3 is 9.77 Å². The molecule has 1 aliphatic carbocycles. The van der Waals surface area contributed by atoms with Crippen LogP contribution >= 0.6 is 15.9 Å². The number of aryl methyl sites for hydroxylation is 1. The van der Waals surface area contributed by atoms with Crippen LogP contribution in [0.15, 0.2) is 80.1 Å². The van der Waals surface area contributed by atoms with E-state index in [4.69, 9.17) is 0 Å². The lowest BCUT2D eigenvalue weighted by molar-refractivity contribution is 0.317. The second-order valence-corrected chi connectivity index (χ2v) is 7.94. The van der Waals surface area contributed by atoms with Gasteiger partial charge in [-0.3, -0.25) is 4.79 Å². The van der Waals surface area contributed by atoms with Gasteiger partial charge in [0.2, 0.25) is 5.56 Å². The van der Waals surface area contributed by atoms with Crippen LogP contribution in [0, 0.1) is 0 Å². The van der Waals surface area contributed by atoms with Crippen LogP contribution in [0.4, 0.5) is 4.39 Å². The van der Waals surface area contributed by atoms with E-state index in [9.17, 15) is 14.4 Å². The number of allylic oxidation sites excluding steroid dienone is 4. The molecule has 0 amide bonds. The van der Waals surface area contributed by atoms with Gasteiger partial charge in [-0.05, 0) is 48.8 Å². The summed E-state index contributed by atoms with van der Waals surface area (Å²) in [5, 5.41) is 13.2. The van der Waals surface area contributed by atoms with Crippen LogP contribution in [0.1, 0.15) is 43.2 Å². The summed E-state index contributed by atoms with van der Waals surface area (Å²) < 4.78 is 16.2. The number of rotatable bonds is 5. The zero-order valence-corrected chi connectivity index (χ0v) is 17.4. The molecule has 2 aromatic rings. The lowest BCUT2D eigenvalue weighted by atomic mass is 9.79. The van der Waals surface area contributed by atoms with E-state index in [2.05, 4.69) is 21.1 Å². The van der Waals surface area contributed by atoms with Gasteiger partial charge in [0.1, 0.15) is 5.83 Å². The van der Waals surface area contributed by atoms with Crippen molar-refractivity contribution in [2.45, 2.75) is 32.1 Å². The Morgan fingerprint density at radius 1 is 1.25 bits per heavy atom. The van der Waals surface area contributed by atoms with Crippen molar-refractivity contribution in [2.24, 2.45) is 12.2 Å². The predicted octanol–water partition coefficient (Wildman–Crippen LogP) is 5.46. The third kappa shape index (κ3) is 4.50. The fourth-order valence-electron chi connectivity index (χ4n) is 3.61. The van der Waals surface area contributed by atoms with E-state index in [1.54, 1.807) is 25.4 Å². The minimum Gasteiger partial charge on any atom is -0.411 e. The van der Waals surface area contributed by atoms with Gasteiger partial charge in [-0.25, -0.2) is 4.39 Å². The molecule has 0 radical (unpaired) electrons. The van der Waals surface area contributed by atoms with Crippen LogP contribution in [0.25, 0.3) is 0 Å². The molecule has 6 heteroatoms. The minimum absolute atomic E-state index is 0.0550. The van der Waals surface area contributed by atoms with Crippen molar-refractivity contribution >= 4 is 21.6 Å². The van der Waals surface area contributed by atoms with Crippen molar-refractivity contribution in [3.05, 3.63) is 91.6 Å². The van der Waals surface area contributed by atoms with Crippen LogP contribution in [0.5, 0.6) is 0 Å². The zero-order chi connectivity index (χ0) is 20.3. The largest absolute Gasteiger partial charge is 0.411 e. The van der Waals surface area contributed by atoms with Crippen molar-refractivity contribution < 1.29 is 9.60 Å². The van der Waals surface area contributed by atoms with Gasteiger partial charge in [-0.1, -0.05) is 38.8 Å². The van der Waals surface area contributed by atoms with Crippen molar-refractivity contribution in [1.82, 2.24) is 4.57 Å². The first kappa shape index (κ1) is 20.3. The molecule has 1 aromatic carbocycles. The Kier molecular flexibility index (Phi) is 6.29. The number of nitrogens with zero attached hydrogens (tertiary/aromatic N) is 2. The molecule has 3 rings (SSSR count). The van der Waals surface area contributed by atoms with E-state index < -0.39 is 0 Å². The highest BCUT2D eigenvalue weighted by Gasteiger charge is 2.24. The van der Waals surface area contributed by atoms with Gasteiger partial charge in [0.15, 0.2) is 0 Å². The van der Waals surface area contributed by atoms with E-state index >= 15 is 0 Å². The normalized spacial score (nSPS) is 16.1. The van der Waals surface area contributed by atoms with E-state index in [-0.39, 0.29) is 17.3 Å². The fourth-order valence-corrected chi connectivity index (χ4v) is 3.88. The Balaban J connectivity index is 2.03. The quantitative estimate of drug-likeness (QED) is 0.377. The Morgan fingerprint density at radius 3 is 2.57 bits per heavy atom. The SMILES string of the molecule is CC1=C([C@@H](C/C(=N\O)c2ccc(=O)n(C)c2)c2ccc(Br)cc2)CCC(F)=C1. The predicted molar refractivity (Wildman–Crippen MR) is 113 cm³/mol. The maximum Gasteiger partial charge on any atom is 0.250 e. The lowest BCUT2D eigenvalue weighted by Crippen LogP contribution is -2.19. The van der Waals surface area contributed by atoms with E-state index in [1.165, 1.54) is 10.6 Å². The highest BCUT2D eigenvalue weighted by molar-refractivity contribution is 9.10. The molecule has 1 heterocycles. The molecule has 146 valence electrons. The molecule has 4 nitrogen and oxygen atoms in total. The third-order valence-corrected chi connectivity index (χ3v) is 5.67. The summed E-state index contributed by atoms with van der Waals surface area (Å²) in [6, 6.07) is 11.1. The Morgan fingerprint density at radius 2 is 1.96 bits per heavy atom. The number of aromatic nitrogens is 1. The van der Waals surface area contributed by atoms with Gasteiger partial charge in [0, 0.05) is 48.1 Å². The highest BCUT2D eigenvalue weighted by Crippen LogP contribution is 2.38. The highest BCUT2D eigenvalue weighted by atomic mass is 79.9. The topological polar surface area (TPSA) is 54.6 Å². The molecule has 1 aliphatic rings. The molecule has 0 spiro atoms. The summed E-state index contributed by atoms with van der Waals surface area (Å²) in [7, 11) is 1.66. The average molecular weight is 445 g/mol. The summed E-state index contributed by atoms with van der Waals surface area (Å²) in [5.74, 6) is -0.162. The number of hydrogen-bond donors (Lipinski definition) is 1. The summed E-state index contributed by atoms with van der Waals surface area (Å²) in [4.78, 5) is 11.7. The van der Waals surface area contributed by atoms with Crippen LogP contribution in [0.2, 0.25) is 0 Å². The van der Waals surface area contributed by atoms with Gasteiger partial charge in [-0.2, -0.15) is 0 Å². The number of benzene rings is 1. The maximum atomic E-state index is 13.7. The number of oxime groups is 1. The smallest absolute Gasteiger partial charge is 0.250 e. The number of halogens is 2. The molecule has 0 unspecified atom stereocenters. The standard InChI is InChI=1S/C22H22BrFN2O2/c1-14-11-18(24)8-9-19(14)20(15-3-6-17(23)7-4-15)12-21(25-28)16-5-10-22(27)26(2)13-16/h3-7,10-11,13,20,28H,8-9,12H2,1-2H3/b25-21+/t20-/m0/s1. The van der Waals surface area contributed by atoms with Crippen molar-refractivity contribution in [3.8, 4) is 0 Å². The number of hydrogen-bond acceptors (Lipinski definition) is 3. The molecule has 28 heavy (non-hydrogen) atoms. The molecular weight excluding hydrogens is 423 g/mol. The summed E-state index contributed by atoms with van der Waals surface area (Å²) in [6.45, 7) is 1.92. The molecule has 0 fully saturated rings. The van der Waals surface area contributed by atoms with Gasteiger partial charge in [0.25, 0.3) is 0 Å². The minimum atomic E-state index is -0.128.